The topological polar surface area (TPSA) is 83.8 Å². The van der Waals surface area contributed by atoms with Gasteiger partial charge in [0.25, 0.3) is 0 Å². The molecule has 0 aliphatic carbocycles. The quantitative estimate of drug-likeness (QED) is 0.449. The summed E-state index contributed by atoms with van der Waals surface area (Å²) in [7, 11) is 0. The minimum Gasteiger partial charge on any atom is -0.478 e. The summed E-state index contributed by atoms with van der Waals surface area (Å²) >= 11 is 0. The van der Waals surface area contributed by atoms with Gasteiger partial charge in [0, 0.05) is 12.2 Å². The van der Waals surface area contributed by atoms with Gasteiger partial charge in [-0.3, -0.25) is 0 Å². The van der Waals surface area contributed by atoms with Crippen molar-refractivity contribution in [3.63, 3.8) is 0 Å². The van der Waals surface area contributed by atoms with Crippen molar-refractivity contribution in [3.8, 4) is 0 Å². The Kier molecular flexibility index (Phi) is 41.1. The summed E-state index contributed by atoms with van der Waals surface area (Å²) in [5.41, 5.74) is 0. The minimum atomic E-state index is -1.26. The third-order valence-corrected chi connectivity index (χ3v) is 0.561. The lowest BCUT2D eigenvalue weighted by atomic mass is 10.5. The number of rotatable bonds is 4. The number of carbonyl (C=O) groups is 2. The van der Waals surface area contributed by atoms with Gasteiger partial charge in [-0.2, -0.15) is 0 Å². The summed E-state index contributed by atoms with van der Waals surface area (Å²) in [6, 6.07) is 0. The Morgan fingerprint density at radius 1 is 0.824 bits per heavy atom. The maximum absolute atomic E-state index is 9.55. The summed E-state index contributed by atoms with van der Waals surface area (Å²) in [5, 5.41) is 15.6. The van der Waals surface area contributed by atoms with E-state index >= 15 is 0 Å². The molecule has 0 saturated heterocycles. The van der Waals surface area contributed by atoms with E-state index in [4.69, 9.17) is 10.2 Å². The lowest BCUT2D eigenvalue weighted by Gasteiger charge is -1.76. The number of carboxylic acid groups (broad SMARTS) is 2. The first-order chi connectivity index (χ1) is 8.04. The highest BCUT2D eigenvalue weighted by molar-refractivity contribution is 5.89. The van der Waals surface area contributed by atoms with Crippen LogP contribution in [0.2, 0.25) is 0 Å². The number of carboxylic acids is 2. The maximum atomic E-state index is 9.55. The van der Waals surface area contributed by atoms with E-state index in [1.165, 1.54) is 12.5 Å². The highest BCUT2D eigenvalue weighted by Gasteiger charge is 1.88. The fourth-order valence-electron chi connectivity index (χ4n) is 0.211. The Hall–Kier alpha value is -2.56. The average Bonchev–Trinajstić information content (AvgIpc) is 2.33. The number of ether oxygens (including phenoxy) is 1. The Balaban J connectivity index is -0.0000000809. The summed E-state index contributed by atoms with van der Waals surface area (Å²) in [6.45, 7) is 18.5. The van der Waals surface area contributed by atoms with Gasteiger partial charge in [-0.05, 0) is 0 Å². The van der Waals surface area contributed by atoms with Crippen LogP contribution in [0.1, 0.15) is 0 Å². The molecular weight excluding hydrogens is 224 g/mol. The van der Waals surface area contributed by atoms with E-state index in [9.17, 15) is 9.59 Å². The standard InChI is InChI=1S/C4H4O4.C4H6O.2C2H4/c5-3(6)1-2-4(7)8;1-3-5-4-2;2*1-2/h1-2H,(H,5,6)(H,7,8);3-4H,1-2H2;2*1-2H2. The molecular formula is C12H18O5. The number of aliphatic carboxylic acids is 2. The number of hydrogen-bond acceptors (Lipinski definition) is 3. The smallest absolute Gasteiger partial charge is 0.328 e. The van der Waals surface area contributed by atoms with Crippen molar-refractivity contribution in [1.29, 1.82) is 0 Å². The van der Waals surface area contributed by atoms with Crippen LogP contribution in [-0.2, 0) is 14.3 Å². The van der Waals surface area contributed by atoms with Gasteiger partial charge < -0.3 is 14.9 Å². The lowest BCUT2D eigenvalue weighted by Crippen LogP contribution is -1.91. The molecule has 5 nitrogen and oxygen atoms in total. The highest BCUT2D eigenvalue weighted by atomic mass is 16.5. The van der Waals surface area contributed by atoms with Gasteiger partial charge in [0.15, 0.2) is 0 Å². The van der Waals surface area contributed by atoms with E-state index < -0.39 is 11.9 Å². The van der Waals surface area contributed by atoms with Crippen molar-refractivity contribution >= 4 is 11.9 Å². The molecule has 5 heteroatoms. The van der Waals surface area contributed by atoms with E-state index in [0.717, 1.165) is 0 Å². The van der Waals surface area contributed by atoms with Crippen molar-refractivity contribution < 1.29 is 24.5 Å². The zero-order chi connectivity index (χ0) is 14.7. The van der Waals surface area contributed by atoms with E-state index in [1.807, 2.05) is 0 Å². The molecule has 0 amide bonds. The molecule has 0 bridgehead atoms. The van der Waals surface area contributed by atoms with Crippen LogP contribution in [0.15, 0.2) is 64.1 Å². The maximum Gasteiger partial charge on any atom is 0.328 e. The van der Waals surface area contributed by atoms with Gasteiger partial charge in [-0.1, -0.05) is 13.2 Å². The molecule has 17 heavy (non-hydrogen) atoms. The van der Waals surface area contributed by atoms with Gasteiger partial charge >= 0.3 is 11.9 Å². The molecule has 0 rings (SSSR count). The molecule has 0 atom stereocenters. The first kappa shape index (κ1) is 23.9. The fourth-order valence-corrected chi connectivity index (χ4v) is 0.211. The molecule has 0 aliphatic rings. The zero-order valence-electron chi connectivity index (χ0n) is 9.67. The van der Waals surface area contributed by atoms with E-state index in [2.05, 4.69) is 44.2 Å². The van der Waals surface area contributed by atoms with Crippen LogP contribution in [0.25, 0.3) is 0 Å². The molecule has 0 aromatic carbocycles. The van der Waals surface area contributed by atoms with E-state index in [-0.39, 0.29) is 0 Å². The van der Waals surface area contributed by atoms with Crippen LogP contribution >= 0.6 is 0 Å². The monoisotopic (exact) mass is 242 g/mol. The van der Waals surface area contributed by atoms with Crippen LogP contribution in [-0.4, -0.2) is 22.2 Å². The molecule has 0 spiro atoms. The van der Waals surface area contributed by atoms with Crippen LogP contribution in [0.3, 0.4) is 0 Å². The molecule has 0 aromatic heterocycles. The van der Waals surface area contributed by atoms with Crippen molar-refractivity contribution in [2.24, 2.45) is 0 Å². The molecule has 96 valence electrons. The largest absolute Gasteiger partial charge is 0.478 e. The van der Waals surface area contributed by atoms with Crippen molar-refractivity contribution in [3.05, 3.63) is 64.1 Å². The van der Waals surface area contributed by atoms with Crippen LogP contribution < -0.4 is 0 Å². The second kappa shape index (κ2) is 29.2. The molecule has 0 aromatic rings. The summed E-state index contributed by atoms with van der Waals surface area (Å²) in [5.74, 6) is -2.51. The second-order valence-electron chi connectivity index (χ2n) is 1.48. The molecule has 0 saturated carbocycles. The fraction of sp³-hybridized carbons (Fsp3) is 0. The van der Waals surface area contributed by atoms with Crippen LogP contribution in [0.4, 0.5) is 0 Å². The highest BCUT2D eigenvalue weighted by Crippen LogP contribution is 1.70. The van der Waals surface area contributed by atoms with Crippen LogP contribution in [0.5, 0.6) is 0 Å². The predicted octanol–water partition coefficient (Wildman–Crippen LogP) is 2.61. The first-order valence-electron chi connectivity index (χ1n) is 4.05. The molecule has 0 aliphatic heterocycles. The summed E-state index contributed by atoms with van der Waals surface area (Å²) in [4.78, 5) is 19.1. The third kappa shape index (κ3) is 89.2. The summed E-state index contributed by atoms with van der Waals surface area (Å²) < 4.78 is 4.36. The Morgan fingerprint density at radius 2 is 1.06 bits per heavy atom. The van der Waals surface area contributed by atoms with Crippen LogP contribution in [0, 0.1) is 0 Å². The molecule has 0 radical (unpaired) electrons. The van der Waals surface area contributed by atoms with Gasteiger partial charge in [-0.15, -0.1) is 26.3 Å². The third-order valence-electron chi connectivity index (χ3n) is 0.561. The van der Waals surface area contributed by atoms with E-state index in [0.29, 0.717) is 12.2 Å². The van der Waals surface area contributed by atoms with Gasteiger partial charge in [0.05, 0.1) is 12.5 Å². The molecule has 0 heterocycles. The van der Waals surface area contributed by atoms with Gasteiger partial charge in [0.2, 0.25) is 0 Å². The normalized spacial score (nSPS) is 6.59. The first-order valence-corrected chi connectivity index (χ1v) is 4.05. The minimum absolute atomic E-state index is 0.558. The number of hydrogen-bond donors (Lipinski definition) is 2. The zero-order valence-corrected chi connectivity index (χ0v) is 9.67. The molecule has 0 fully saturated rings. The van der Waals surface area contributed by atoms with Gasteiger partial charge in [-0.25, -0.2) is 9.59 Å². The Morgan fingerprint density at radius 3 is 1.12 bits per heavy atom. The van der Waals surface area contributed by atoms with Crippen molar-refractivity contribution in [1.82, 2.24) is 0 Å². The Labute approximate surface area is 101 Å². The molecule has 0 unspecified atom stereocenters. The predicted molar refractivity (Wildman–Crippen MR) is 68.4 cm³/mol. The lowest BCUT2D eigenvalue weighted by molar-refractivity contribution is -0.134. The van der Waals surface area contributed by atoms with Crippen molar-refractivity contribution in [2.45, 2.75) is 0 Å². The molecule has 2 N–H and O–H groups in total. The summed E-state index contributed by atoms with van der Waals surface area (Å²) in [6.07, 6.45) is 3.74. The van der Waals surface area contributed by atoms with Gasteiger partial charge in [0.1, 0.15) is 0 Å². The average molecular weight is 242 g/mol. The Bertz CT molecular complexity index is 219. The SMILES string of the molecule is C=C.C=C.C=COC=C.O=C(O)C=CC(=O)O. The van der Waals surface area contributed by atoms with Crippen molar-refractivity contribution in [2.75, 3.05) is 0 Å². The second-order valence-corrected chi connectivity index (χ2v) is 1.48. The van der Waals surface area contributed by atoms with E-state index in [1.54, 1.807) is 0 Å².